The zero-order chi connectivity index (χ0) is 21.9. The monoisotopic (exact) mass is 432 g/mol. The quantitative estimate of drug-likeness (QED) is 0.758. The summed E-state index contributed by atoms with van der Waals surface area (Å²) < 4.78 is 6.89. The Morgan fingerprint density at radius 2 is 2.00 bits per heavy atom. The Morgan fingerprint density at radius 3 is 2.63 bits per heavy atom. The van der Waals surface area contributed by atoms with Crippen molar-refractivity contribution < 1.29 is 9.53 Å². The number of ether oxygens (including phenoxy) is 1. The Morgan fingerprint density at radius 1 is 1.30 bits per heavy atom. The molecule has 162 valence electrons. The van der Waals surface area contributed by atoms with E-state index in [1.165, 1.54) is 16.8 Å². The van der Waals surface area contributed by atoms with Gasteiger partial charge in [0.1, 0.15) is 11.4 Å². The number of alkyl carbamates (subject to hydrolysis) is 1. The third kappa shape index (κ3) is 5.33. The number of carbonyl (C=O) groups excluding carboxylic acids is 1. The van der Waals surface area contributed by atoms with Crippen LogP contribution in [0.5, 0.6) is 0 Å². The number of nitrogen functional groups attached to an aromatic ring is 1. The van der Waals surface area contributed by atoms with E-state index in [0.717, 1.165) is 31.2 Å². The molecule has 0 bridgehead atoms. The van der Waals surface area contributed by atoms with Crippen LogP contribution in [0.4, 0.5) is 10.6 Å². The molecule has 0 aliphatic heterocycles. The molecular weight excluding hydrogens is 404 g/mol. The van der Waals surface area contributed by atoms with E-state index < -0.39 is 11.7 Å². The van der Waals surface area contributed by atoms with Gasteiger partial charge in [0.2, 0.25) is 0 Å². The maximum Gasteiger partial charge on any atom is 0.407 e. The molecule has 1 heterocycles. The smallest absolute Gasteiger partial charge is 0.407 e. The average Bonchev–Trinajstić information content (AvgIpc) is 2.67. The molecule has 0 unspecified atom stereocenters. The van der Waals surface area contributed by atoms with Gasteiger partial charge in [0.15, 0.2) is 0 Å². The summed E-state index contributed by atoms with van der Waals surface area (Å²) in [5.41, 5.74) is 5.82. The second kappa shape index (κ2) is 8.68. The van der Waals surface area contributed by atoms with E-state index in [-0.39, 0.29) is 17.0 Å². The number of amides is 1. The van der Waals surface area contributed by atoms with Gasteiger partial charge in [0.05, 0.1) is 6.04 Å². The number of halogens is 1. The van der Waals surface area contributed by atoms with Crippen molar-refractivity contribution in [3.8, 4) is 0 Å². The first-order valence-corrected chi connectivity index (χ1v) is 10.5. The topological polar surface area (TPSA) is 99.2 Å². The molecule has 3 N–H and O–H groups in total. The first-order valence-electron chi connectivity index (χ1n) is 10.2. The van der Waals surface area contributed by atoms with Crippen molar-refractivity contribution in [1.29, 1.82) is 0 Å². The van der Waals surface area contributed by atoms with E-state index in [4.69, 9.17) is 22.1 Å². The van der Waals surface area contributed by atoms with Crippen LogP contribution < -0.4 is 16.6 Å². The van der Waals surface area contributed by atoms with E-state index >= 15 is 0 Å². The van der Waals surface area contributed by atoms with Gasteiger partial charge in [-0.15, -0.1) is 0 Å². The number of anilines is 1. The largest absolute Gasteiger partial charge is 0.444 e. The maximum absolute atomic E-state index is 12.3. The Balaban J connectivity index is 1.81. The second-order valence-corrected chi connectivity index (χ2v) is 9.35. The molecule has 1 fully saturated rings. The molecule has 30 heavy (non-hydrogen) atoms. The van der Waals surface area contributed by atoms with Crippen LogP contribution in [0.3, 0.4) is 0 Å². The lowest BCUT2D eigenvalue weighted by Gasteiger charge is -2.41. The molecular formula is C22H29ClN4O3. The zero-order valence-electron chi connectivity index (χ0n) is 17.7. The Bertz CT molecular complexity index is 959. The standard InChI is InChI=1S/C22H29ClN4O3/c1-21(2,3)30-20(29)25-14-22(15-5-4-6-16(23)13-15)11-9-17(10-12-22)27-19(28)8-7-18(24)26-27/h4-8,13,17H,9-12,14H2,1-3H3,(H2,24,26)(H,25,29). The third-order valence-electron chi connectivity index (χ3n) is 5.51. The lowest BCUT2D eigenvalue weighted by atomic mass is 9.68. The van der Waals surface area contributed by atoms with Crippen LogP contribution in [-0.4, -0.2) is 28.0 Å². The van der Waals surface area contributed by atoms with Crippen molar-refractivity contribution in [3.63, 3.8) is 0 Å². The number of nitrogens with one attached hydrogen (secondary N) is 1. The highest BCUT2D eigenvalue weighted by molar-refractivity contribution is 6.30. The van der Waals surface area contributed by atoms with E-state index in [1.54, 1.807) is 0 Å². The average molecular weight is 433 g/mol. The number of hydrogen-bond acceptors (Lipinski definition) is 5. The maximum atomic E-state index is 12.3. The molecule has 0 radical (unpaired) electrons. The fourth-order valence-electron chi connectivity index (χ4n) is 4.04. The van der Waals surface area contributed by atoms with Gasteiger partial charge >= 0.3 is 6.09 Å². The van der Waals surface area contributed by atoms with Gasteiger partial charge in [-0.2, -0.15) is 5.10 Å². The van der Waals surface area contributed by atoms with Gasteiger partial charge in [-0.25, -0.2) is 9.48 Å². The van der Waals surface area contributed by atoms with E-state index in [9.17, 15) is 9.59 Å². The summed E-state index contributed by atoms with van der Waals surface area (Å²) in [5, 5.41) is 7.80. The minimum Gasteiger partial charge on any atom is -0.444 e. The molecule has 1 aromatic carbocycles. The van der Waals surface area contributed by atoms with E-state index in [1.807, 2.05) is 45.0 Å². The van der Waals surface area contributed by atoms with Crippen LogP contribution in [0.15, 0.2) is 41.2 Å². The number of hydrogen-bond donors (Lipinski definition) is 2. The fourth-order valence-corrected chi connectivity index (χ4v) is 4.23. The number of benzene rings is 1. The van der Waals surface area contributed by atoms with Gasteiger partial charge < -0.3 is 15.8 Å². The highest BCUT2D eigenvalue weighted by Crippen LogP contribution is 2.43. The first-order chi connectivity index (χ1) is 14.1. The molecule has 1 amide bonds. The lowest BCUT2D eigenvalue weighted by Crippen LogP contribution is -2.45. The van der Waals surface area contributed by atoms with Crippen molar-refractivity contribution in [2.45, 2.75) is 63.5 Å². The summed E-state index contributed by atoms with van der Waals surface area (Å²) in [7, 11) is 0. The molecule has 1 aliphatic carbocycles. The Hall–Kier alpha value is -2.54. The predicted octanol–water partition coefficient (Wildman–Crippen LogP) is 4.06. The molecule has 1 aromatic heterocycles. The van der Waals surface area contributed by atoms with Gasteiger partial charge in [0.25, 0.3) is 5.56 Å². The van der Waals surface area contributed by atoms with Crippen molar-refractivity contribution in [2.24, 2.45) is 0 Å². The zero-order valence-corrected chi connectivity index (χ0v) is 18.4. The highest BCUT2D eigenvalue weighted by Gasteiger charge is 2.38. The van der Waals surface area contributed by atoms with E-state index in [0.29, 0.717) is 17.4 Å². The molecule has 3 rings (SSSR count). The summed E-state index contributed by atoms with van der Waals surface area (Å²) in [5.74, 6) is 0.327. The Labute approximate surface area is 181 Å². The first kappa shape index (κ1) is 22.2. The molecule has 8 heteroatoms. The van der Waals surface area contributed by atoms with Gasteiger partial charge in [-0.05, 0) is 70.2 Å². The molecule has 0 saturated heterocycles. The van der Waals surface area contributed by atoms with Crippen LogP contribution in [-0.2, 0) is 10.2 Å². The summed E-state index contributed by atoms with van der Waals surface area (Å²) in [6, 6.07) is 10.7. The molecule has 7 nitrogen and oxygen atoms in total. The highest BCUT2D eigenvalue weighted by atomic mass is 35.5. The van der Waals surface area contributed by atoms with Crippen LogP contribution in [0.25, 0.3) is 0 Å². The van der Waals surface area contributed by atoms with Crippen LogP contribution in [0, 0.1) is 0 Å². The molecule has 0 spiro atoms. The minimum atomic E-state index is -0.564. The number of nitrogens with zero attached hydrogens (tertiary/aromatic N) is 2. The molecule has 1 aliphatic rings. The van der Waals surface area contributed by atoms with Crippen molar-refractivity contribution >= 4 is 23.5 Å². The minimum absolute atomic E-state index is 0.0326. The van der Waals surface area contributed by atoms with Gasteiger partial charge in [-0.3, -0.25) is 4.79 Å². The predicted molar refractivity (Wildman–Crippen MR) is 118 cm³/mol. The van der Waals surface area contributed by atoms with Crippen LogP contribution >= 0.6 is 11.6 Å². The van der Waals surface area contributed by atoms with Crippen LogP contribution in [0.2, 0.25) is 5.02 Å². The second-order valence-electron chi connectivity index (χ2n) is 8.92. The Kier molecular flexibility index (Phi) is 6.41. The van der Waals surface area contributed by atoms with Crippen molar-refractivity contribution in [1.82, 2.24) is 15.1 Å². The molecule has 0 atom stereocenters. The molecule has 1 saturated carbocycles. The number of nitrogens with two attached hydrogens (primary N) is 1. The summed E-state index contributed by atoms with van der Waals surface area (Å²) in [4.78, 5) is 24.5. The van der Waals surface area contributed by atoms with E-state index in [2.05, 4.69) is 10.4 Å². The summed E-state index contributed by atoms with van der Waals surface area (Å²) in [6.07, 6.45) is 2.55. The van der Waals surface area contributed by atoms with Crippen LogP contribution in [0.1, 0.15) is 58.1 Å². The van der Waals surface area contributed by atoms with Gasteiger partial charge in [0, 0.05) is 23.0 Å². The fraction of sp³-hybridized carbons (Fsp3) is 0.500. The van der Waals surface area contributed by atoms with Gasteiger partial charge in [-0.1, -0.05) is 23.7 Å². The summed E-state index contributed by atoms with van der Waals surface area (Å²) >= 11 is 6.26. The summed E-state index contributed by atoms with van der Waals surface area (Å²) in [6.45, 7) is 5.93. The van der Waals surface area contributed by atoms with Crippen molar-refractivity contribution in [3.05, 3.63) is 57.3 Å². The molecule has 2 aromatic rings. The SMILES string of the molecule is CC(C)(C)OC(=O)NCC1(c2cccc(Cl)c2)CCC(n2nc(N)ccc2=O)CC1. The normalized spacial score (nSPS) is 21.8. The number of rotatable bonds is 4. The third-order valence-corrected chi connectivity index (χ3v) is 5.75. The van der Waals surface area contributed by atoms with Crippen molar-refractivity contribution in [2.75, 3.05) is 12.3 Å². The number of aromatic nitrogens is 2. The number of carbonyl (C=O) groups is 1. The lowest BCUT2D eigenvalue weighted by molar-refractivity contribution is 0.0504.